The molecular weight excluding hydrogens is 350 g/mol. The molecule has 6 nitrogen and oxygen atoms in total. The molecule has 2 fully saturated rings. The lowest BCUT2D eigenvalue weighted by atomic mass is 9.92. The molecule has 1 aromatic heterocycles. The molecule has 1 aliphatic carbocycles. The third-order valence-corrected chi connectivity index (χ3v) is 5.67. The number of nitrogens with zero attached hydrogens (tertiary/aromatic N) is 3. The Balaban J connectivity index is 1.60. The third kappa shape index (κ3) is 3.23. The lowest BCUT2D eigenvalue weighted by Crippen LogP contribution is -2.51. The number of hydrogen-bond donors (Lipinski definition) is 2. The Morgan fingerprint density at radius 1 is 1.31 bits per heavy atom. The highest BCUT2D eigenvalue weighted by atomic mass is 35.5. The van der Waals surface area contributed by atoms with Gasteiger partial charge in [-0.1, -0.05) is 28.9 Å². The maximum atomic E-state index is 11.8. The standard InChI is InChI=1S/C19H24ClN5O/c1-11-21-16(9-18(26)22-11)17-10-25(24-23-17)19(2,3)14-7-6-13(8-15(14)20)12-4-5-12/h6-8,10-12,16,21H,4-5,9H2,1-3H3,(H,22,26). The zero-order chi connectivity index (χ0) is 18.5. The summed E-state index contributed by atoms with van der Waals surface area (Å²) >= 11 is 6.60. The number of amides is 1. The van der Waals surface area contributed by atoms with Crippen LogP contribution in [0, 0.1) is 0 Å². The molecule has 7 heteroatoms. The van der Waals surface area contributed by atoms with E-state index in [1.54, 1.807) is 0 Å². The van der Waals surface area contributed by atoms with Crippen molar-refractivity contribution >= 4 is 17.5 Å². The monoisotopic (exact) mass is 373 g/mol. The summed E-state index contributed by atoms with van der Waals surface area (Å²) in [5, 5.41) is 15.6. The number of aromatic nitrogens is 3. The first-order valence-electron chi connectivity index (χ1n) is 9.12. The fourth-order valence-corrected chi connectivity index (χ4v) is 4.03. The maximum absolute atomic E-state index is 11.8. The van der Waals surface area contributed by atoms with Crippen LogP contribution in [0.5, 0.6) is 0 Å². The van der Waals surface area contributed by atoms with Gasteiger partial charge in [0.1, 0.15) is 5.69 Å². The quantitative estimate of drug-likeness (QED) is 0.863. The molecule has 138 valence electrons. The second-order valence-electron chi connectivity index (χ2n) is 7.87. The van der Waals surface area contributed by atoms with Crippen molar-refractivity contribution in [1.82, 2.24) is 25.6 Å². The van der Waals surface area contributed by atoms with Gasteiger partial charge in [0, 0.05) is 11.4 Å². The van der Waals surface area contributed by atoms with E-state index >= 15 is 0 Å². The summed E-state index contributed by atoms with van der Waals surface area (Å²) in [6.07, 6.45) is 4.70. The number of hydrogen-bond acceptors (Lipinski definition) is 4. The van der Waals surface area contributed by atoms with Gasteiger partial charge in [-0.3, -0.25) is 10.1 Å². The molecular formula is C19H24ClN5O. The maximum Gasteiger partial charge on any atom is 0.223 e. The summed E-state index contributed by atoms with van der Waals surface area (Å²) in [4.78, 5) is 11.8. The van der Waals surface area contributed by atoms with Crippen molar-refractivity contribution in [2.24, 2.45) is 0 Å². The summed E-state index contributed by atoms with van der Waals surface area (Å²) < 4.78 is 1.83. The van der Waals surface area contributed by atoms with Gasteiger partial charge in [-0.05, 0) is 56.7 Å². The van der Waals surface area contributed by atoms with E-state index in [-0.39, 0.29) is 18.1 Å². The van der Waals surface area contributed by atoms with Crippen LogP contribution in [0.15, 0.2) is 24.4 Å². The molecule has 0 radical (unpaired) electrons. The van der Waals surface area contributed by atoms with Gasteiger partial charge >= 0.3 is 0 Å². The summed E-state index contributed by atoms with van der Waals surface area (Å²) in [6, 6.07) is 6.23. The largest absolute Gasteiger partial charge is 0.341 e. The van der Waals surface area contributed by atoms with Crippen molar-refractivity contribution in [2.75, 3.05) is 0 Å². The molecule has 0 bridgehead atoms. The third-order valence-electron chi connectivity index (χ3n) is 5.36. The average molecular weight is 374 g/mol. The van der Waals surface area contributed by atoms with Crippen LogP contribution in [0.3, 0.4) is 0 Å². The topological polar surface area (TPSA) is 71.8 Å². The smallest absolute Gasteiger partial charge is 0.223 e. The average Bonchev–Trinajstić information content (AvgIpc) is 3.29. The van der Waals surface area contributed by atoms with E-state index in [2.05, 4.69) is 53.0 Å². The van der Waals surface area contributed by atoms with E-state index in [0.29, 0.717) is 12.3 Å². The first-order valence-corrected chi connectivity index (χ1v) is 9.50. The highest BCUT2D eigenvalue weighted by Gasteiger charge is 2.32. The Hall–Kier alpha value is -1.92. The van der Waals surface area contributed by atoms with Crippen LogP contribution in [-0.2, 0) is 10.3 Å². The van der Waals surface area contributed by atoms with Crippen molar-refractivity contribution in [3.8, 4) is 0 Å². The minimum absolute atomic E-state index is 0.0220. The van der Waals surface area contributed by atoms with Crippen LogP contribution < -0.4 is 10.6 Å². The van der Waals surface area contributed by atoms with E-state index < -0.39 is 5.54 Å². The number of carbonyl (C=O) groups is 1. The molecule has 4 rings (SSSR count). The summed E-state index contributed by atoms with van der Waals surface area (Å²) in [5.74, 6) is 0.696. The lowest BCUT2D eigenvalue weighted by Gasteiger charge is -2.28. The second-order valence-corrected chi connectivity index (χ2v) is 8.28. The van der Waals surface area contributed by atoms with E-state index in [4.69, 9.17) is 11.6 Å². The van der Waals surface area contributed by atoms with Crippen LogP contribution in [0.2, 0.25) is 5.02 Å². The van der Waals surface area contributed by atoms with Gasteiger partial charge in [0.25, 0.3) is 0 Å². The Bertz CT molecular complexity index is 842. The molecule has 2 heterocycles. The molecule has 26 heavy (non-hydrogen) atoms. The Kier molecular flexibility index (Phi) is 4.28. The van der Waals surface area contributed by atoms with Gasteiger partial charge in [-0.2, -0.15) is 0 Å². The minimum Gasteiger partial charge on any atom is -0.341 e. The van der Waals surface area contributed by atoms with Crippen LogP contribution in [0.25, 0.3) is 0 Å². The fraction of sp³-hybridized carbons (Fsp3) is 0.526. The molecule has 2 N–H and O–H groups in total. The minimum atomic E-state index is -0.438. The zero-order valence-corrected chi connectivity index (χ0v) is 16.0. The van der Waals surface area contributed by atoms with Crippen LogP contribution >= 0.6 is 11.6 Å². The van der Waals surface area contributed by atoms with Crippen molar-refractivity contribution in [3.63, 3.8) is 0 Å². The predicted molar refractivity (Wildman–Crippen MR) is 100.0 cm³/mol. The van der Waals surface area contributed by atoms with E-state index in [9.17, 15) is 4.79 Å². The number of benzene rings is 1. The van der Waals surface area contributed by atoms with Gasteiger partial charge in [0.2, 0.25) is 5.91 Å². The van der Waals surface area contributed by atoms with Crippen LogP contribution in [-0.4, -0.2) is 27.1 Å². The van der Waals surface area contributed by atoms with Crippen LogP contribution in [0.4, 0.5) is 0 Å². The van der Waals surface area contributed by atoms with E-state index in [1.807, 2.05) is 17.8 Å². The van der Waals surface area contributed by atoms with Gasteiger partial charge in [-0.25, -0.2) is 4.68 Å². The summed E-state index contributed by atoms with van der Waals surface area (Å²) in [6.45, 7) is 6.07. The number of rotatable bonds is 4. The number of nitrogens with one attached hydrogen (secondary N) is 2. The van der Waals surface area contributed by atoms with Gasteiger partial charge < -0.3 is 5.32 Å². The predicted octanol–water partition coefficient (Wildman–Crippen LogP) is 3.09. The SMILES string of the molecule is CC1NC(=O)CC(c2cn(C(C)(C)c3ccc(C4CC4)cc3Cl)nn2)N1. The zero-order valence-electron chi connectivity index (χ0n) is 15.3. The van der Waals surface area contributed by atoms with Gasteiger partial charge in [0.15, 0.2) is 0 Å². The van der Waals surface area contributed by atoms with Crippen LogP contribution in [0.1, 0.15) is 68.8 Å². The molecule has 2 aliphatic rings. The molecule has 1 saturated carbocycles. The first-order chi connectivity index (χ1) is 12.3. The van der Waals surface area contributed by atoms with Crippen molar-refractivity contribution in [3.05, 3.63) is 46.2 Å². The van der Waals surface area contributed by atoms with Crippen molar-refractivity contribution < 1.29 is 4.79 Å². The molecule has 0 spiro atoms. The fourth-order valence-electron chi connectivity index (χ4n) is 3.61. The van der Waals surface area contributed by atoms with Crippen molar-refractivity contribution in [1.29, 1.82) is 0 Å². The second kappa shape index (κ2) is 6.35. The summed E-state index contributed by atoms with van der Waals surface area (Å²) in [5.41, 5.74) is 2.67. The molecule has 2 atom stereocenters. The molecule has 1 aliphatic heterocycles. The normalized spacial score (nSPS) is 23.8. The lowest BCUT2D eigenvalue weighted by molar-refractivity contribution is -0.124. The molecule has 2 aromatic rings. The Morgan fingerprint density at radius 2 is 2.08 bits per heavy atom. The highest BCUT2D eigenvalue weighted by molar-refractivity contribution is 6.31. The van der Waals surface area contributed by atoms with E-state index in [0.717, 1.165) is 16.3 Å². The molecule has 1 saturated heterocycles. The molecule has 2 unspecified atom stereocenters. The number of halogens is 1. The Labute approximate surface area is 158 Å². The Morgan fingerprint density at radius 3 is 2.73 bits per heavy atom. The summed E-state index contributed by atoms with van der Waals surface area (Å²) in [7, 11) is 0. The van der Waals surface area contributed by atoms with Crippen molar-refractivity contribution in [2.45, 2.75) is 63.7 Å². The van der Waals surface area contributed by atoms with E-state index in [1.165, 1.54) is 18.4 Å². The highest BCUT2D eigenvalue weighted by Crippen LogP contribution is 2.42. The van der Waals surface area contributed by atoms with Gasteiger partial charge in [0.05, 0.1) is 23.9 Å². The first kappa shape index (κ1) is 17.5. The van der Waals surface area contributed by atoms with Gasteiger partial charge in [-0.15, -0.1) is 5.10 Å². The number of carbonyl (C=O) groups excluding carboxylic acids is 1. The molecule has 1 aromatic carbocycles. The molecule has 1 amide bonds.